The average molecular weight is 487 g/mol. The van der Waals surface area contributed by atoms with Crippen molar-refractivity contribution in [2.24, 2.45) is 0 Å². The minimum atomic E-state index is -4.34. The molecule has 11 heteroatoms. The number of hydrogen-bond donors (Lipinski definition) is 2. The van der Waals surface area contributed by atoms with Gasteiger partial charge < -0.3 is 15.5 Å². The summed E-state index contributed by atoms with van der Waals surface area (Å²) >= 11 is 6.07. The fourth-order valence-electron chi connectivity index (χ4n) is 4.28. The van der Waals surface area contributed by atoms with Gasteiger partial charge in [-0.2, -0.15) is 13.2 Å². The molecule has 1 atom stereocenters. The maximum absolute atomic E-state index is 13.0. The summed E-state index contributed by atoms with van der Waals surface area (Å²) in [6.07, 6.45) is -4.25. The summed E-state index contributed by atoms with van der Waals surface area (Å²) in [4.78, 5) is 26.3. The highest BCUT2D eigenvalue weighted by atomic mass is 35.5. The summed E-state index contributed by atoms with van der Waals surface area (Å²) in [7, 11) is 0. The van der Waals surface area contributed by atoms with Gasteiger partial charge in [0.15, 0.2) is 5.82 Å². The molecule has 1 unspecified atom stereocenters. The third kappa shape index (κ3) is 3.54. The lowest BCUT2D eigenvalue weighted by molar-refractivity contribution is -0.134. The number of nitrogens with two attached hydrogens (primary N) is 1. The molecule has 3 aromatic heterocycles. The van der Waals surface area contributed by atoms with Crippen molar-refractivity contribution in [2.45, 2.75) is 31.4 Å². The Balaban J connectivity index is 1.65. The highest BCUT2D eigenvalue weighted by Crippen LogP contribution is 2.45. The molecule has 7 nitrogen and oxygen atoms in total. The summed E-state index contributed by atoms with van der Waals surface area (Å²) in [6.45, 7) is 1.74. The number of nitrogens with one attached hydrogen (secondary N) is 1. The van der Waals surface area contributed by atoms with Crippen molar-refractivity contribution in [2.75, 3.05) is 11.1 Å². The Morgan fingerprint density at radius 3 is 2.56 bits per heavy atom. The minimum absolute atomic E-state index is 0.0802. The van der Waals surface area contributed by atoms with Crippen molar-refractivity contribution < 1.29 is 18.0 Å². The van der Waals surface area contributed by atoms with Crippen LogP contribution in [0.15, 0.2) is 48.7 Å². The molecule has 34 heavy (non-hydrogen) atoms. The van der Waals surface area contributed by atoms with Crippen LogP contribution in [0.2, 0.25) is 5.02 Å². The van der Waals surface area contributed by atoms with Crippen molar-refractivity contribution in [1.82, 2.24) is 19.4 Å². The fraction of sp³-hybridized carbons (Fsp3) is 0.217. The van der Waals surface area contributed by atoms with Crippen LogP contribution in [0, 0.1) is 0 Å². The van der Waals surface area contributed by atoms with Crippen LogP contribution in [-0.4, -0.2) is 31.4 Å². The van der Waals surface area contributed by atoms with Gasteiger partial charge in [0.05, 0.1) is 22.5 Å². The molecule has 0 saturated heterocycles. The van der Waals surface area contributed by atoms with Crippen LogP contribution in [0.3, 0.4) is 0 Å². The van der Waals surface area contributed by atoms with Gasteiger partial charge in [0.1, 0.15) is 28.6 Å². The number of anilines is 2. The second-order valence-electron chi connectivity index (χ2n) is 8.20. The van der Waals surface area contributed by atoms with Gasteiger partial charge in [-0.1, -0.05) is 41.9 Å². The molecular weight excluding hydrogens is 469 g/mol. The quantitative estimate of drug-likeness (QED) is 0.432. The predicted octanol–water partition coefficient (Wildman–Crippen LogP) is 4.78. The maximum Gasteiger partial charge on any atom is 0.389 e. The first-order valence-corrected chi connectivity index (χ1v) is 10.7. The zero-order valence-electron chi connectivity index (χ0n) is 17.8. The molecule has 1 amide bonds. The molecule has 0 aliphatic carbocycles. The number of carbonyl (C=O) groups is 1. The molecule has 0 saturated carbocycles. The van der Waals surface area contributed by atoms with Crippen LogP contribution in [0.1, 0.15) is 30.3 Å². The van der Waals surface area contributed by atoms with Gasteiger partial charge in [0.2, 0.25) is 5.91 Å². The molecule has 0 radical (unpaired) electrons. The second-order valence-corrected chi connectivity index (χ2v) is 8.63. The van der Waals surface area contributed by atoms with E-state index in [1.54, 1.807) is 19.1 Å². The Labute approximate surface area is 196 Å². The minimum Gasteiger partial charge on any atom is -0.383 e. The van der Waals surface area contributed by atoms with Gasteiger partial charge >= 0.3 is 6.18 Å². The molecule has 0 fully saturated rings. The van der Waals surface area contributed by atoms with Crippen LogP contribution in [0.4, 0.5) is 24.8 Å². The zero-order chi connectivity index (χ0) is 24.3. The van der Waals surface area contributed by atoms with E-state index in [0.717, 1.165) is 5.56 Å². The molecule has 1 aromatic carbocycles. The van der Waals surface area contributed by atoms with Crippen molar-refractivity contribution in [3.63, 3.8) is 0 Å². The van der Waals surface area contributed by atoms with Gasteiger partial charge in [-0.15, -0.1) is 0 Å². The number of rotatable bonds is 4. The number of pyridine rings is 1. The highest BCUT2D eigenvalue weighted by molar-refractivity contribution is 6.30. The third-order valence-corrected chi connectivity index (χ3v) is 6.22. The van der Waals surface area contributed by atoms with Gasteiger partial charge in [-0.05, 0) is 24.6 Å². The Hall–Kier alpha value is -3.66. The van der Waals surface area contributed by atoms with Crippen molar-refractivity contribution >= 4 is 34.7 Å². The van der Waals surface area contributed by atoms with Crippen LogP contribution in [-0.2, 0) is 16.6 Å². The number of amides is 1. The van der Waals surface area contributed by atoms with E-state index in [9.17, 15) is 18.0 Å². The van der Waals surface area contributed by atoms with Crippen molar-refractivity contribution in [3.05, 3.63) is 70.6 Å². The van der Waals surface area contributed by atoms with E-state index in [1.165, 1.54) is 10.6 Å². The largest absolute Gasteiger partial charge is 0.389 e. The molecule has 0 bridgehead atoms. The van der Waals surface area contributed by atoms with Crippen LogP contribution >= 0.6 is 11.6 Å². The summed E-state index contributed by atoms with van der Waals surface area (Å²) in [5.41, 5.74) is 7.11. The first kappa shape index (κ1) is 22.1. The van der Waals surface area contributed by atoms with Crippen LogP contribution in [0.25, 0.3) is 17.0 Å². The number of alkyl halides is 3. The highest BCUT2D eigenvalue weighted by Gasteiger charge is 2.47. The Bertz CT molecular complexity index is 1440. The van der Waals surface area contributed by atoms with Gasteiger partial charge in [-0.3, -0.25) is 4.79 Å². The average Bonchev–Trinajstić information content (AvgIpc) is 3.27. The molecule has 3 N–H and O–H groups in total. The normalized spacial score (nSPS) is 17.7. The number of hydrogen-bond acceptors (Lipinski definition) is 5. The predicted molar refractivity (Wildman–Crippen MR) is 122 cm³/mol. The topological polar surface area (TPSA) is 98.2 Å². The lowest BCUT2D eigenvalue weighted by Crippen LogP contribution is -2.32. The van der Waals surface area contributed by atoms with E-state index < -0.39 is 18.0 Å². The van der Waals surface area contributed by atoms with E-state index >= 15 is 0 Å². The van der Waals surface area contributed by atoms with Crippen LogP contribution in [0.5, 0.6) is 0 Å². The summed E-state index contributed by atoms with van der Waals surface area (Å²) in [5, 5.41) is 3.11. The van der Waals surface area contributed by atoms with E-state index in [0.29, 0.717) is 16.1 Å². The molecule has 4 heterocycles. The number of imidazole rings is 1. The smallest absolute Gasteiger partial charge is 0.383 e. The second kappa shape index (κ2) is 7.69. The number of halogens is 4. The number of aryl methyl sites for hydroxylation is 1. The fourth-order valence-corrected chi connectivity index (χ4v) is 4.44. The van der Waals surface area contributed by atoms with E-state index in [-0.39, 0.29) is 41.3 Å². The Kier molecular flexibility index (Phi) is 5.01. The van der Waals surface area contributed by atoms with Crippen molar-refractivity contribution in [1.29, 1.82) is 0 Å². The maximum atomic E-state index is 13.0. The molecule has 4 aromatic rings. The first-order chi connectivity index (χ1) is 16.1. The third-order valence-electron chi connectivity index (χ3n) is 5.99. The first-order valence-electron chi connectivity index (χ1n) is 10.4. The van der Waals surface area contributed by atoms with Crippen LogP contribution < -0.4 is 11.1 Å². The molecule has 174 valence electrons. The molecule has 5 rings (SSSR count). The Morgan fingerprint density at radius 1 is 1.12 bits per heavy atom. The van der Waals surface area contributed by atoms with E-state index in [2.05, 4.69) is 20.3 Å². The Morgan fingerprint density at radius 2 is 1.85 bits per heavy atom. The van der Waals surface area contributed by atoms with Gasteiger partial charge in [-0.25, -0.2) is 15.0 Å². The van der Waals surface area contributed by atoms with Crippen molar-refractivity contribution in [3.8, 4) is 11.5 Å². The number of nitrogens with zero attached hydrogens (tertiary/aromatic N) is 4. The molecule has 0 spiro atoms. The zero-order valence-corrected chi connectivity index (χ0v) is 18.6. The molecule has 1 aliphatic heterocycles. The lowest BCUT2D eigenvalue weighted by Gasteiger charge is -2.23. The van der Waals surface area contributed by atoms with E-state index in [4.69, 9.17) is 17.3 Å². The standard InChI is InChI=1S/C23H18ClF3N6O/c1-22(12-5-3-2-4-6-12)16-18(28)30-20(31-19(16)32-21(22)34)17-14-8-7-13(24)11-33(14)15(29-17)9-10-23(25,26)27/h2-8,11H,9-10H2,1H3,(H3,28,30,31,32,34). The monoisotopic (exact) mass is 486 g/mol. The molecule has 1 aliphatic rings. The summed E-state index contributed by atoms with van der Waals surface area (Å²) < 4.78 is 40.1. The number of benzene rings is 1. The van der Waals surface area contributed by atoms with E-state index in [1.807, 2.05) is 30.3 Å². The number of carbonyl (C=O) groups excluding carboxylic acids is 1. The van der Waals surface area contributed by atoms with Gasteiger partial charge in [0, 0.05) is 12.6 Å². The number of nitrogen functional groups attached to an aromatic ring is 1. The number of fused-ring (bicyclic) bond motifs is 2. The SMILES string of the molecule is CC1(c2ccccc2)C(=O)Nc2nc(-c3nc(CCC(F)(F)F)n4cc(Cl)ccc34)nc(N)c21. The summed E-state index contributed by atoms with van der Waals surface area (Å²) in [6, 6.07) is 12.4. The lowest BCUT2D eigenvalue weighted by atomic mass is 9.78. The number of aromatic nitrogens is 4. The van der Waals surface area contributed by atoms with Gasteiger partial charge in [0.25, 0.3) is 0 Å². The molecular formula is C23H18ClF3N6O. The summed E-state index contributed by atoms with van der Waals surface area (Å²) in [5.74, 6) is 0.263.